The molecule has 0 aromatic heterocycles. The Bertz CT molecular complexity index is 553. The van der Waals surface area contributed by atoms with Crippen molar-refractivity contribution >= 4 is 6.29 Å². The van der Waals surface area contributed by atoms with E-state index in [0.717, 1.165) is 5.56 Å². The van der Waals surface area contributed by atoms with Gasteiger partial charge >= 0.3 is 0 Å². The van der Waals surface area contributed by atoms with E-state index in [1.807, 2.05) is 30.3 Å². The molecule has 2 aromatic rings. The molecule has 4 heteroatoms. The maximum Gasteiger partial charge on any atom is 0.201 e. The zero-order valence-corrected chi connectivity index (χ0v) is 9.40. The molecule has 0 bridgehead atoms. The number of carbonyl (C=O) groups excluding carboxylic acids is 1. The van der Waals surface area contributed by atoms with E-state index in [9.17, 15) is 13.6 Å². The summed E-state index contributed by atoms with van der Waals surface area (Å²) in [6, 6.07) is 11.6. The lowest BCUT2D eigenvalue weighted by molar-refractivity contribution is 0.111. The number of benzene rings is 2. The van der Waals surface area contributed by atoms with Crippen molar-refractivity contribution in [1.29, 1.82) is 0 Å². The molecule has 92 valence electrons. The lowest BCUT2D eigenvalue weighted by Crippen LogP contribution is -2.01. The molecule has 18 heavy (non-hydrogen) atoms. The summed E-state index contributed by atoms with van der Waals surface area (Å²) in [6.45, 7) is 0.137. The first-order valence-electron chi connectivity index (χ1n) is 5.32. The molecule has 2 nitrogen and oxygen atoms in total. The first-order chi connectivity index (χ1) is 8.72. The van der Waals surface area contributed by atoms with E-state index >= 15 is 0 Å². The number of rotatable bonds is 4. The van der Waals surface area contributed by atoms with Crippen molar-refractivity contribution in [2.24, 2.45) is 0 Å². The zero-order chi connectivity index (χ0) is 13.0. The van der Waals surface area contributed by atoms with Gasteiger partial charge in [-0.15, -0.1) is 0 Å². The van der Waals surface area contributed by atoms with Gasteiger partial charge in [0.2, 0.25) is 5.82 Å². The maximum absolute atomic E-state index is 13.5. The summed E-state index contributed by atoms with van der Waals surface area (Å²) < 4.78 is 32.0. The Morgan fingerprint density at radius 3 is 2.39 bits per heavy atom. The minimum atomic E-state index is -1.18. The van der Waals surface area contributed by atoms with Gasteiger partial charge in [0.25, 0.3) is 0 Å². The van der Waals surface area contributed by atoms with Crippen molar-refractivity contribution in [3.63, 3.8) is 0 Å². The lowest BCUT2D eigenvalue weighted by atomic mass is 10.2. The third-order valence-corrected chi connectivity index (χ3v) is 2.44. The van der Waals surface area contributed by atoms with Crippen LogP contribution in [-0.4, -0.2) is 6.29 Å². The molecule has 2 aromatic carbocycles. The fourth-order valence-electron chi connectivity index (χ4n) is 1.48. The molecule has 0 unspecified atom stereocenters. The number of aldehydes is 1. The second-order valence-corrected chi connectivity index (χ2v) is 3.67. The second-order valence-electron chi connectivity index (χ2n) is 3.67. The van der Waals surface area contributed by atoms with Crippen LogP contribution in [-0.2, 0) is 6.61 Å². The molecule has 2 rings (SSSR count). The molecule has 0 aliphatic rings. The predicted octanol–water partition coefficient (Wildman–Crippen LogP) is 3.36. The molecule has 0 fully saturated rings. The highest BCUT2D eigenvalue weighted by Gasteiger charge is 2.13. The van der Waals surface area contributed by atoms with Crippen LogP contribution in [0.3, 0.4) is 0 Å². The van der Waals surface area contributed by atoms with Crippen LogP contribution >= 0.6 is 0 Å². The molecule has 0 saturated carbocycles. The number of hydrogen-bond acceptors (Lipinski definition) is 2. The van der Waals surface area contributed by atoms with Gasteiger partial charge in [-0.3, -0.25) is 4.79 Å². The van der Waals surface area contributed by atoms with Crippen LogP contribution in [0, 0.1) is 11.6 Å². The van der Waals surface area contributed by atoms with Gasteiger partial charge in [0, 0.05) is 0 Å². The summed E-state index contributed by atoms with van der Waals surface area (Å²) in [5.74, 6) is -2.53. The molecular weight excluding hydrogens is 238 g/mol. The Morgan fingerprint density at radius 2 is 1.72 bits per heavy atom. The molecule has 0 atom stereocenters. The van der Waals surface area contributed by atoms with Crippen LogP contribution in [0.15, 0.2) is 42.5 Å². The molecule has 0 aliphatic carbocycles. The van der Waals surface area contributed by atoms with Gasteiger partial charge < -0.3 is 4.74 Å². The summed E-state index contributed by atoms with van der Waals surface area (Å²) in [7, 11) is 0. The van der Waals surface area contributed by atoms with E-state index < -0.39 is 11.6 Å². The van der Waals surface area contributed by atoms with Crippen molar-refractivity contribution in [1.82, 2.24) is 0 Å². The zero-order valence-electron chi connectivity index (χ0n) is 9.40. The van der Waals surface area contributed by atoms with Crippen LogP contribution in [0.1, 0.15) is 15.9 Å². The number of ether oxygens (including phenoxy) is 1. The Balaban J connectivity index is 2.15. The topological polar surface area (TPSA) is 26.3 Å². The lowest BCUT2D eigenvalue weighted by Gasteiger charge is -2.08. The average Bonchev–Trinajstić information content (AvgIpc) is 2.42. The van der Waals surface area contributed by atoms with Crippen molar-refractivity contribution in [2.75, 3.05) is 0 Å². The van der Waals surface area contributed by atoms with E-state index in [1.165, 1.54) is 12.1 Å². The molecule has 0 radical (unpaired) electrons. The Kier molecular flexibility index (Phi) is 3.67. The highest BCUT2D eigenvalue weighted by Crippen LogP contribution is 2.22. The molecule has 0 saturated heterocycles. The standard InChI is InChI=1S/C14H10F2O2/c15-13-11(8-17)6-7-12(14(13)16)18-9-10-4-2-1-3-5-10/h1-8H,9H2. The molecule has 0 amide bonds. The maximum atomic E-state index is 13.5. The number of halogens is 2. The second kappa shape index (κ2) is 5.40. The van der Waals surface area contributed by atoms with E-state index in [0.29, 0.717) is 0 Å². The monoisotopic (exact) mass is 248 g/mol. The SMILES string of the molecule is O=Cc1ccc(OCc2ccccc2)c(F)c1F. The normalized spacial score (nSPS) is 10.1. The van der Waals surface area contributed by atoms with Gasteiger partial charge in [-0.25, -0.2) is 4.39 Å². The smallest absolute Gasteiger partial charge is 0.201 e. The van der Waals surface area contributed by atoms with Gasteiger partial charge in [-0.05, 0) is 17.7 Å². The Hall–Kier alpha value is -2.23. The van der Waals surface area contributed by atoms with Crippen molar-refractivity contribution in [3.05, 3.63) is 65.2 Å². The molecule has 0 N–H and O–H groups in total. The Labute approximate surface area is 103 Å². The summed E-state index contributed by atoms with van der Waals surface area (Å²) >= 11 is 0. The third kappa shape index (κ3) is 2.53. The predicted molar refractivity (Wildman–Crippen MR) is 62.5 cm³/mol. The Morgan fingerprint density at radius 1 is 1.00 bits per heavy atom. The van der Waals surface area contributed by atoms with Crippen molar-refractivity contribution < 1.29 is 18.3 Å². The van der Waals surface area contributed by atoms with Crippen LogP contribution in [0.25, 0.3) is 0 Å². The van der Waals surface area contributed by atoms with E-state index in [1.54, 1.807) is 0 Å². The van der Waals surface area contributed by atoms with E-state index in [-0.39, 0.29) is 24.2 Å². The summed E-state index contributed by atoms with van der Waals surface area (Å²) in [5, 5.41) is 0. The fourth-order valence-corrected chi connectivity index (χ4v) is 1.48. The van der Waals surface area contributed by atoms with Crippen LogP contribution in [0.4, 0.5) is 8.78 Å². The van der Waals surface area contributed by atoms with Gasteiger partial charge in [0.05, 0.1) is 5.56 Å². The summed E-state index contributed by atoms with van der Waals surface area (Å²) in [6.07, 6.45) is 0.263. The molecule has 0 spiro atoms. The first kappa shape index (κ1) is 12.2. The van der Waals surface area contributed by atoms with Gasteiger partial charge in [-0.2, -0.15) is 4.39 Å². The third-order valence-electron chi connectivity index (χ3n) is 2.44. The first-order valence-corrected chi connectivity index (χ1v) is 5.32. The number of hydrogen-bond donors (Lipinski definition) is 0. The van der Waals surface area contributed by atoms with Crippen LogP contribution in [0.5, 0.6) is 5.75 Å². The minimum absolute atomic E-state index is 0.137. The van der Waals surface area contributed by atoms with E-state index in [4.69, 9.17) is 4.74 Å². The number of carbonyl (C=O) groups is 1. The quantitative estimate of drug-likeness (QED) is 0.775. The molecular formula is C14H10F2O2. The van der Waals surface area contributed by atoms with Gasteiger partial charge in [0.1, 0.15) is 6.61 Å². The van der Waals surface area contributed by atoms with Crippen molar-refractivity contribution in [2.45, 2.75) is 6.61 Å². The highest BCUT2D eigenvalue weighted by atomic mass is 19.2. The molecule has 0 heterocycles. The minimum Gasteiger partial charge on any atom is -0.486 e. The largest absolute Gasteiger partial charge is 0.486 e. The molecule has 0 aliphatic heterocycles. The van der Waals surface area contributed by atoms with Crippen LogP contribution < -0.4 is 4.74 Å². The average molecular weight is 248 g/mol. The highest BCUT2D eigenvalue weighted by molar-refractivity contribution is 5.75. The van der Waals surface area contributed by atoms with Crippen LogP contribution in [0.2, 0.25) is 0 Å². The van der Waals surface area contributed by atoms with Gasteiger partial charge in [-0.1, -0.05) is 30.3 Å². The van der Waals surface area contributed by atoms with Gasteiger partial charge in [0.15, 0.2) is 17.9 Å². The fraction of sp³-hybridized carbons (Fsp3) is 0.0714. The van der Waals surface area contributed by atoms with E-state index in [2.05, 4.69) is 0 Å². The summed E-state index contributed by atoms with van der Waals surface area (Å²) in [4.78, 5) is 10.4. The van der Waals surface area contributed by atoms with Crippen molar-refractivity contribution in [3.8, 4) is 5.75 Å². The summed E-state index contributed by atoms with van der Waals surface area (Å²) in [5.41, 5.74) is 0.524.